The second-order valence-electron chi connectivity index (χ2n) is 13.3. The van der Waals surface area contributed by atoms with Crippen LogP contribution in [0.2, 0.25) is 0 Å². The van der Waals surface area contributed by atoms with Gasteiger partial charge in [-0.2, -0.15) is 0 Å². The number of hydrogen-bond donors (Lipinski definition) is 0. The third-order valence-corrected chi connectivity index (χ3v) is 10.9. The average Bonchev–Trinajstić information content (AvgIpc) is 3.66. The molecule has 0 aliphatic carbocycles. The highest BCUT2D eigenvalue weighted by Gasteiger charge is 2.18. The van der Waals surface area contributed by atoms with Crippen molar-refractivity contribution in [2.75, 3.05) is 0 Å². The Morgan fingerprint density at radius 3 is 1.33 bits per heavy atom. The van der Waals surface area contributed by atoms with Crippen LogP contribution in [0, 0.1) is 0 Å². The number of fused-ring (bicyclic) bond motifs is 3. The minimum atomic E-state index is 0.637. The Balaban J connectivity index is 1.13. The first-order chi connectivity index (χ1) is 27.2. The molecule has 0 aliphatic heterocycles. The number of thiophene rings is 1. The predicted octanol–water partition coefficient (Wildman–Crippen LogP) is 12.7. The van der Waals surface area contributed by atoms with E-state index in [-0.39, 0.29) is 0 Å². The summed E-state index contributed by atoms with van der Waals surface area (Å²) in [5.74, 6) is 2.60. The van der Waals surface area contributed by atoms with Gasteiger partial charge in [0.05, 0.1) is 11.4 Å². The molecule has 3 heterocycles. The maximum Gasteiger partial charge on any atom is 0.164 e. The van der Waals surface area contributed by atoms with Gasteiger partial charge in [0, 0.05) is 53.6 Å². The van der Waals surface area contributed by atoms with Gasteiger partial charge in [-0.1, -0.05) is 164 Å². The second-order valence-corrected chi connectivity index (χ2v) is 14.4. The van der Waals surface area contributed by atoms with Crippen LogP contribution in [0.15, 0.2) is 188 Å². The molecular formula is C49H31N5S. The van der Waals surface area contributed by atoms with Gasteiger partial charge in [-0.05, 0) is 35.4 Å². The number of hydrogen-bond acceptors (Lipinski definition) is 6. The fourth-order valence-electron chi connectivity index (χ4n) is 7.02. The zero-order valence-electron chi connectivity index (χ0n) is 29.5. The quantitative estimate of drug-likeness (QED) is 0.164. The molecule has 10 rings (SSSR count). The van der Waals surface area contributed by atoms with E-state index in [2.05, 4.69) is 103 Å². The molecule has 0 bridgehead atoms. The van der Waals surface area contributed by atoms with E-state index in [1.807, 2.05) is 84.9 Å². The molecule has 5 nitrogen and oxygen atoms in total. The summed E-state index contributed by atoms with van der Waals surface area (Å²) in [5.41, 5.74) is 9.92. The van der Waals surface area contributed by atoms with E-state index < -0.39 is 0 Å². The highest BCUT2D eigenvalue weighted by Crippen LogP contribution is 2.41. The first-order valence-corrected chi connectivity index (χ1v) is 19.0. The summed E-state index contributed by atoms with van der Waals surface area (Å²) in [6.07, 6.45) is 0. The van der Waals surface area contributed by atoms with Gasteiger partial charge >= 0.3 is 0 Å². The van der Waals surface area contributed by atoms with Crippen LogP contribution in [0.4, 0.5) is 0 Å². The molecule has 0 saturated heterocycles. The van der Waals surface area contributed by atoms with E-state index in [9.17, 15) is 0 Å². The van der Waals surface area contributed by atoms with Crippen molar-refractivity contribution in [2.45, 2.75) is 0 Å². The van der Waals surface area contributed by atoms with E-state index in [1.165, 1.54) is 15.0 Å². The Kier molecular flexibility index (Phi) is 8.28. The smallest absolute Gasteiger partial charge is 0.164 e. The molecule has 55 heavy (non-hydrogen) atoms. The van der Waals surface area contributed by atoms with E-state index in [4.69, 9.17) is 24.9 Å². The molecule has 0 amide bonds. The van der Waals surface area contributed by atoms with Gasteiger partial charge < -0.3 is 0 Å². The molecule has 7 aromatic carbocycles. The van der Waals surface area contributed by atoms with Crippen molar-refractivity contribution < 1.29 is 0 Å². The SMILES string of the molecule is c1ccc(-c2ccc(-c3cc(-c4ccc5sc6cccc(-c7nc(-c8ccccc8)nc(-c8ccccc8)n7)c6c5c4)nc(-c4ccccc4)n3)cc2)cc1. The van der Waals surface area contributed by atoms with Crippen LogP contribution < -0.4 is 0 Å². The van der Waals surface area contributed by atoms with Crippen LogP contribution in [0.1, 0.15) is 0 Å². The summed E-state index contributed by atoms with van der Waals surface area (Å²) < 4.78 is 2.35. The number of aromatic nitrogens is 5. The van der Waals surface area contributed by atoms with Crippen molar-refractivity contribution in [3.8, 4) is 79.2 Å². The molecule has 6 heteroatoms. The van der Waals surface area contributed by atoms with Gasteiger partial charge in [0.1, 0.15) is 0 Å². The maximum absolute atomic E-state index is 5.17. The normalized spacial score (nSPS) is 11.3. The fraction of sp³-hybridized carbons (Fsp3) is 0. The van der Waals surface area contributed by atoms with Gasteiger partial charge in [-0.25, -0.2) is 24.9 Å². The molecule has 258 valence electrons. The van der Waals surface area contributed by atoms with Crippen molar-refractivity contribution in [3.05, 3.63) is 188 Å². The molecule has 0 spiro atoms. The van der Waals surface area contributed by atoms with Crippen LogP contribution in [-0.4, -0.2) is 24.9 Å². The van der Waals surface area contributed by atoms with Crippen molar-refractivity contribution >= 4 is 31.5 Å². The summed E-state index contributed by atoms with van der Waals surface area (Å²) in [6, 6.07) is 64.6. The first kappa shape index (κ1) is 32.5. The summed E-state index contributed by atoms with van der Waals surface area (Å²) >= 11 is 1.77. The summed E-state index contributed by atoms with van der Waals surface area (Å²) in [4.78, 5) is 25.4. The zero-order valence-corrected chi connectivity index (χ0v) is 30.4. The Hall–Kier alpha value is -7.15. The topological polar surface area (TPSA) is 64.5 Å². The minimum absolute atomic E-state index is 0.637. The lowest BCUT2D eigenvalue weighted by Crippen LogP contribution is -2.00. The number of nitrogens with zero attached hydrogens (tertiary/aromatic N) is 5. The third kappa shape index (κ3) is 6.35. The second kappa shape index (κ2) is 14.0. The summed E-state index contributed by atoms with van der Waals surface area (Å²) in [6.45, 7) is 0. The van der Waals surface area contributed by atoms with Crippen molar-refractivity contribution in [3.63, 3.8) is 0 Å². The Morgan fingerprint density at radius 2 is 0.745 bits per heavy atom. The monoisotopic (exact) mass is 721 g/mol. The molecule has 0 unspecified atom stereocenters. The minimum Gasteiger partial charge on any atom is -0.228 e. The van der Waals surface area contributed by atoms with Crippen molar-refractivity contribution in [1.29, 1.82) is 0 Å². The Bertz CT molecular complexity index is 2890. The van der Waals surface area contributed by atoms with Gasteiger partial charge in [0.2, 0.25) is 0 Å². The van der Waals surface area contributed by atoms with E-state index in [0.717, 1.165) is 61.1 Å². The van der Waals surface area contributed by atoms with Crippen molar-refractivity contribution in [1.82, 2.24) is 24.9 Å². The van der Waals surface area contributed by atoms with Crippen LogP contribution >= 0.6 is 11.3 Å². The van der Waals surface area contributed by atoms with Crippen LogP contribution in [0.3, 0.4) is 0 Å². The van der Waals surface area contributed by atoms with E-state index in [1.54, 1.807) is 11.3 Å². The predicted molar refractivity (Wildman–Crippen MR) is 226 cm³/mol. The largest absolute Gasteiger partial charge is 0.228 e. The van der Waals surface area contributed by atoms with Crippen LogP contribution in [-0.2, 0) is 0 Å². The van der Waals surface area contributed by atoms with E-state index in [0.29, 0.717) is 23.3 Å². The highest BCUT2D eigenvalue weighted by atomic mass is 32.1. The lowest BCUT2D eigenvalue weighted by molar-refractivity contribution is 1.08. The molecule has 0 N–H and O–H groups in total. The molecule has 10 aromatic rings. The molecule has 3 aromatic heterocycles. The van der Waals surface area contributed by atoms with Crippen LogP contribution in [0.25, 0.3) is 99.4 Å². The fourth-order valence-corrected chi connectivity index (χ4v) is 8.14. The first-order valence-electron chi connectivity index (χ1n) is 18.2. The number of rotatable bonds is 7. The molecular weight excluding hydrogens is 691 g/mol. The lowest BCUT2D eigenvalue weighted by Gasteiger charge is -2.11. The van der Waals surface area contributed by atoms with Crippen molar-refractivity contribution in [2.24, 2.45) is 0 Å². The molecule has 0 radical (unpaired) electrons. The molecule has 0 atom stereocenters. The Labute approximate surface area is 322 Å². The third-order valence-electron chi connectivity index (χ3n) is 9.78. The van der Waals surface area contributed by atoms with Gasteiger partial charge in [0.15, 0.2) is 23.3 Å². The standard InChI is InChI=1S/C49H31N5S/c1-5-14-32(15-6-1)33-24-26-34(27-25-33)41-31-42(51-46(50-41)35-16-7-2-8-17-35)38-28-29-43-40(30-38)45-39(22-13-23-44(45)55-43)49-53-47(36-18-9-3-10-19-36)52-48(54-49)37-20-11-4-12-21-37/h1-31H. The lowest BCUT2D eigenvalue weighted by atomic mass is 10.0. The number of benzene rings is 7. The summed E-state index contributed by atoms with van der Waals surface area (Å²) in [7, 11) is 0. The van der Waals surface area contributed by atoms with Gasteiger partial charge in [-0.15, -0.1) is 11.3 Å². The Morgan fingerprint density at radius 1 is 0.291 bits per heavy atom. The van der Waals surface area contributed by atoms with Crippen LogP contribution in [0.5, 0.6) is 0 Å². The van der Waals surface area contributed by atoms with E-state index >= 15 is 0 Å². The molecule has 0 aliphatic rings. The maximum atomic E-state index is 5.17. The highest BCUT2D eigenvalue weighted by molar-refractivity contribution is 7.26. The van der Waals surface area contributed by atoms with Gasteiger partial charge in [-0.3, -0.25) is 0 Å². The average molecular weight is 722 g/mol. The molecule has 0 saturated carbocycles. The summed E-state index contributed by atoms with van der Waals surface area (Å²) in [5, 5.41) is 2.24. The zero-order chi connectivity index (χ0) is 36.6. The molecule has 0 fully saturated rings. The van der Waals surface area contributed by atoms with Gasteiger partial charge in [0.25, 0.3) is 0 Å².